The van der Waals surface area contributed by atoms with Gasteiger partial charge in [0.25, 0.3) is 11.5 Å². The van der Waals surface area contributed by atoms with Gasteiger partial charge in [-0.05, 0) is 24.8 Å². The van der Waals surface area contributed by atoms with Gasteiger partial charge in [-0.1, -0.05) is 20.8 Å². The smallest absolute Gasteiger partial charge is 0.266 e. The van der Waals surface area contributed by atoms with Gasteiger partial charge in [-0.2, -0.15) is 5.10 Å². The Kier molecular flexibility index (Phi) is 5.58. The minimum absolute atomic E-state index is 0.0616. The van der Waals surface area contributed by atoms with E-state index < -0.39 is 0 Å². The monoisotopic (exact) mass is 387 g/mol. The molecule has 1 fully saturated rings. The Hall–Kier alpha value is -2.64. The van der Waals surface area contributed by atoms with Crippen molar-refractivity contribution in [2.75, 3.05) is 20.2 Å². The molecule has 0 aliphatic carbocycles. The summed E-state index contributed by atoms with van der Waals surface area (Å²) in [5.74, 6) is 0.609. The summed E-state index contributed by atoms with van der Waals surface area (Å²) in [7, 11) is 3.28. The fraction of sp³-hybridized carbons (Fsp3) is 0.600. The Morgan fingerprint density at radius 1 is 1.21 bits per heavy atom. The van der Waals surface area contributed by atoms with Gasteiger partial charge in [0.05, 0.1) is 12.8 Å². The van der Waals surface area contributed by atoms with Gasteiger partial charge in [-0.25, -0.2) is 4.68 Å². The molecule has 28 heavy (non-hydrogen) atoms. The molecule has 2 aromatic heterocycles. The van der Waals surface area contributed by atoms with Crippen LogP contribution in [-0.4, -0.2) is 50.6 Å². The third-order valence-corrected chi connectivity index (χ3v) is 5.19. The zero-order chi connectivity index (χ0) is 20.5. The number of nitrogens with zero attached hydrogens (tertiary/aromatic N) is 5. The van der Waals surface area contributed by atoms with Gasteiger partial charge in [-0.3, -0.25) is 14.3 Å². The molecule has 1 aliphatic heterocycles. The van der Waals surface area contributed by atoms with Crippen LogP contribution in [0.1, 0.15) is 49.7 Å². The van der Waals surface area contributed by atoms with Gasteiger partial charge in [-0.15, -0.1) is 5.10 Å². The SMILES string of the molecule is COc1nn(C)cc1C(=O)N1CCC(Cn2nc(C(C)(C)C)ccc2=O)CC1. The quantitative estimate of drug-likeness (QED) is 0.799. The number of hydrogen-bond acceptors (Lipinski definition) is 5. The highest BCUT2D eigenvalue weighted by molar-refractivity contribution is 5.96. The lowest BCUT2D eigenvalue weighted by Gasteiger charge is -2.32. The summed E-state index contributed by atoms with van der Waals surface area (Å²) >= 11 is 0. The lowest BCUT2D eigenvalue weighted by molar-refractivity contribution is 0.0677. The molecule has 1 amide bonds. The fourth-order valence-corrected chi connectivity index (χ4v) is 3.48. The summed E-state index contributed by atoms with van der Waals surface area (Å²) in [6.45, 7) is 8.13. The highest BCUT2D eigenvalue weighted by Crippen LogP contribution is 2.24. The third kappa shape index (κ3) is 4.26. The van der Waals surface area contributed by atoms with Crippen molar-refractivity contribution in [1.29, 1.82) is 0 Å². The number of ether oxygens (including phenoxy) is 1. The van der Waals surface area contributed by atoms with Crippen LogP contribution in [0.15, 0.2) is 23.1 Å². The average Bonchev–Trinajstić information content (AvgIpc) is 3.03. The molecular formula is C20H29N5O3. The second kappa shape index (κ2) is 7.77. The van der Waals surface area contributed by atoms with E-state index in [-0.39, 0.29) is 16.9 Å². The van der Waals surface area contributed by atoms with Crippen molar-refractivity contribution in [3.8, 4) is 5.88 Å². The largest absolute Gasteiger partial charge is 0.479 e. The molecule has 3 heterocycles. The van der Waals surface area contributed by atoms with Gasteiger partial charge in [0.15, 0.2) is 0 Å². The van der Waals surface area contributed by atoms with Gasteiger partial charge in [0.1, 0.15) is 5.56 Å². The van der Waals surface area contributed by atoms with Crippen molar-refractivity contribution >= 4 is 5.91 Å². The first kappa shape index (κ1) is 20.1. The van der Waals surface area contributed by atoms with Crippen molar-refractivity contribution in [3.63, 3.8) is 0 Å². The Morgan fingerprint density at radius 2 is 1.89 bits per heavy atom. The first-order chi connectivity index (χ1) is 13.2. The van der Waals surface area contributed by atoms with Gasteiger partial charge in [0, 0.05) is 44.4 Å². The molecule has 1 saturated heterocycles. The van der Waals surface area contributed by atoms with Crippen molar-refractivity contribution in [1.82, 2.24) is 24.5 Å². The highest BCUT2D eigenvalue weighted by Gasteiger charge is 2.27. The maximum atomic E-state index is 12.8. The van der Waals surface area contributed by atoms with E-state index in [0.29, 0.717) is 37.0 Å². The van der Waals surface area contributed by atoms with Crippen LogP contribution in [0, 0.1) is 5.92 Å². The first-order valence-electron chi connectivity index (χ1n) is 9.64. The molecule has 1 aliphatic rings. The Labute approximate surface area is 165 Å². The Balaban J connectivity index is 1.65. The molecule has 152 valence electrons. The van der Waals surface area contributed by atoms with E-state index in [0.717, 1.165) is 18.5 Å². The summed E-state index contributed by atoms with van der Waals surface area (Å²) in [6, 6.07) is 3.41. The number of likely N-dealkylation sites (tertiary alicyclic amines) is 1. The van der Waals surface area contributed by atoms with Crippen LogP contribution < -0.4 is 10.3 Å². The van der Waals surface area contributed by atoms with Crippen molar-refractivity contribution in [2.45, 2.75) is 45.6 Å². The van der Waals surface area contributed by atoms with Gasteiger partial charge in [0.2, 0.25) is 5.88 Å². The number of methoxy groups -OCH3 is 1. The first-order valence-corrected chi connectivity index (χ1v) is 9.64. The maximum absolute atomic E-state index is 12.8. The Bertz CT molecular complexity index is 901. The van der Waals surface area contributed by atoms with Gasteiger partial charge < -0.3 is 9.64 Å². The molecule has 0 spiro atoms. The lowest BCUT2D eigenvalue weighted by atomic mass is 9.92. The molecular weight excluding hydrogens is 358 g/mol. The van der Waals surface area contributed by atoms with Crippen molar-refractivity contribution in [3.05, 3.63) is 39.9 Å². The number of aryl methyl sites for hydroxylation is 1. The molecule has 8 nitrogen and oxygen atoms in total. The van der Waals surface area contributed by atoms with Crippen molar-refractivity contribution < 1.29 is 9.53 Å². The minimum atomic E-state index is -0.103. The molecule has 0 atom stereocenters. The normalized spacial score (nSPS) is 15.7. The van der Waals surface area contributed by atoms with E-state index in [2.05, 4.69) is 31.0 Å². The molecule has 0 radical (unpaired) electrons. The number of rotatable bonds is 4. The summed E-state index contributed by atoms with van der Waals surface area (Å²) < 4.78 is 8.36. The number of piperidine rings is 1. The van der Waals surface area contributed by atoms with Gasteiger partial charge >= 0.3 is 0 Å². The summed E-state index contributed by atoms with van der Waals surface area (Å²) in [5.41, 5.74) is 1.21. The van der Waals surface area contributed by atoms with Crippen LogP contribution in [-0.2, 0) is 19.0 Å². The van der Waals surface area contributed by atoms with E-state index in [1.165, 1.54) is 7.11 Å². The summed E-state index contributed by atoms with van der Waals surface area (Å²) in [5, 5.41) is 8.72. The number of carbonyl (C=O) groups excluding carboxylic acids is 1. The number of amides is 1. The third-order valence-electron chi connectivity index (χ3n) is 5.19. The van der Waals surface area contributed by atoms with Crippen LogP contribution in [0.3, 0.4) is 0 Å². The molecule has 3 rings (SSSR count). The predicted molar refractivity (Wildman–Crippen MR) is 106 cm³/mol. The molecule has 0 unspecified atom stereocenters. The topological polar surface area (TPSA) is 82.2 Å². The second-order valence-corrected chi connectivity index (χ2v) is 8.45. The number of aromatic nitrogens is 4. The molecule has 8 heteroatoms. The Morgan fingerprint density at radius 3 is 2.50 bits per heavy atom. The molecule has 0 bridgehead atoms. The zero-order valence-corrected chi connectivity index (χ0v) is 17.3. The van der Waals surface area contributed by atoms with E-state index in [9.17, 15) is 9.59 Å². The molecule has 2 aromatic rings. The fourth-order valence-electron chi connectivity index (χ4n) is 3.48. The predicted octanol–water partition coefficient (Wildman–Crippen LogP) is 1.84. The maximum Gasteiger partial charge on any atom is 0.266 e. The minimum Gasteiger partial charge on any atom is -0.479 e. The molecule has 0 N–H and O–H groups in total. The standard InChI is InChI=1S/C20H29N5O3/c1-20(2,3)16-6-7-17(26)25(21-16)12-14-8-10-24(11-9-14)19(27)15-13-23(4)22-18(15)28-5/h6-7,13-14H,8-12H2,1-5H3. The zero-order valence-electron chi connectivity index (χ0n) is 17.3. The van der Waals surface area contributed by atoms with Crippen LogP contribution in [0.5, 0.6) is 5.88 Å². The average molecular weight is 387 g/mol. The number of hydrogen-bond donors (Lipinski definition) is 0. The number of carbonyl (C=O) groups is 1. The lowest BCUT2D eigenvalue weighted by Crippen LogP contribution is -2.40. The van der Waals surface area contributed by atoms with Crippen LogP contribution in [0.25, 0.3) is 0 Å². The van der Waals surface area contributed by atoms with E-state index in [4.69, 9.17) is 4.74 Å². The highest BCUT2D eigenvalue weighted by atomic mass is 16.5. The van der Waals surface area contributed by atoms with Crippen LogP contribution in [0.4, 0.5) is 0 Å². The van der Waals surface area contributed by atoms with Crippen LogP contribution in [0.2, 0.25) is 0 Å². The summed E-state index contributed by atoms with van der Waals surface area (Å²) in [4.78, 5) is 26.8. The van der Waals surface area contributed by atoms with Crippen molar-refractivity contribution in [2.24, 2.45) is 13.0 Å². The second-order valence-electron chi connectivity index (χ2n) is 8.45. The molecule has 0 saturated carbocycles. The van der Waals surface area contributed by atoms with E-state index in [1.54, 1.807) is 34.7 Å². The van der Waals surface area contributed by atoms with E-state index >= 15 is 0 Å². The van der Waals surface area contributed by atoms with E-state index in [1.807, 2.05) is 4.90 Å². The summed E-state index contributed by atoms with van der Waals surface area (Å²) in [6.07, 6.45) is 3.36. The molecule has 0 aromatic carbocycles. The van der Waals surface area contributed by atoms with Crippen LogP contribution >= 0.6 is 0 Å².